The zero-order valence-corrected chi connectivity index (χ0v) is 22.9. The second-order valence-electron chi connectivity index (χ2n) is 7.76. The minimum atomic E-state index is -1.60. The van der Waals surface area contributed by atoms with Gasteiger partial charge >= 0.3 is 21.7 Å². The fraction of sp³-hybridized carbons (Fsp3) is 0.286. The van der Waals surface area contributed by atoms with Gasteiger partial charge in [0.25, 0.3) is 0 Å². The normalized spacial score (nSPS) is 12.3. The van der Waals surface area contributed by atoms with Crippen LogP contribution in [0.25, 0.3) is 0 Å². The molecule has 0 aliphatic heterocycles. The zero-order valence-electron chi connectivity index (χ0n) is 21.4. The van der Waals surface area contributed by atoms with Crippen molar-refractivity contribution in [2.45, 2.75) is 52.7 Å². The molecule has 2 aromatic carbocycles. The number of halogens is 8. The van der Waals surface area contributed by atoms with E-state index in [0.29, 0.717) is 0 Å². The predicted octanol–water partition coefficient (Wildman–Crippen LogP) is 8.27. The molecule has 0 saturated heterocycles. The summed E-state index contributed by atoms with van der Waals surface area (Å²) in [6.45, 7) is 5.91. The Labute approximate surface area is 237 Å². The van der Waals surface area contributed by atoms with Crippen LogP contribution in [0, 0.1) is 70.8 Å². The summed E-state index contributed by atoms with van der Waals surface area (Å²) in [6, 6.07) is 2.51. The largest absolute Gasteiger partial charge is 4.00 e. The minimum Gasteiger partial charge on any atom is -0.510 e. The third-order valence-electron chi connectivity index (χ3n) is 3.89. The van der Waals surface area contributed by atoms with E-state index < -0.39 is 70.2 Å². The van der Waals surface area contributed by atoms with Crippen LogP contribution >= 0.6 is 0 Å². The van der Waals surface area contributed by atoms with Crippen molar-refractivity contribution in [2.24, 2.45) is 0 Å². The van der Waals surface area contributed by atoms with Crippen LogP contribution in [-0.4, -0.2) is 12.2 Å². The zero-order chi connectivity index (χ0) is 28.8. The maximum absolute atomic E-state index is 12.9. The van der Waals surface area contributed by atoms with Gasteiger partial charge in [0.15, 0.2) is 0 Å². The van der Waals surface area contributed by atoms with Crippen LogP contribution in [-0.2, 0) is 21.7 Å². The van der Waals surface area contributed by atoms with Crippen LogP contribution in [0.2, 0.25) is 0 Å². The molecule has 2 aromatic rings. The molecule has 0 amide bonds. The van der Waals surface area contributed by atoms with Gasteiger partial charge in [0, 0.05) is 0 Å². The molecule has 2 nitrogen and oxygen atoms in total. The van der Waals surface area contributed by atoms with E-state index in [1.165, 1.54) is 39.8 Å². The summed E-state index contributed by atoms with van der Waals surface area (Å²) in [6.07, 6.45) is 18.8. The van der Waals surface area contributed by atoms with Crippen LogP contribution in [0.3, 0.4) is 0 Å². The molecule has 208 valence electrons. The van der Waals surface area contributed by atoms with Gasteiger partial charge < -0.3 is 9.47 Å². The Kier molecular flexibility index (Phi) is 17.1. The summed E-state index contributed by atoms with van der Waals surface area (Å²) >= 11 is 0. The molecule has 2 aliphatic rings. The number of ether oxygens (including phenoxy) is 2. The molecule has 4 rings (SSSR count). The maximum atomic E-state index is 12.9. The second kappa shape index (κ2) is 18.4. The van der Waals surface area contributed by atoms with Crippen molar-refractivity contribution in [1.82, 2.24) is 0 Å². The maximum Gasteiger partial charge on any atom is 4.00 e. The Balaban J connectivity index is 0.000000537. The van der Waals surface area contributed by atoms with E-state index in [0.717, 1.165) is 12.8 Å². The van der Waals surface area contributed by atoms with E-state index in [-0.39, 0.29) is 21.7 Å². The van der Waals surface area contributed by atoms with E-state index in [2.05, 4.69) is 33.8 Å². The number of allylic oxidation sites excluding steroid dienone is 8. The van der Waals surface area contributed by atoms with Gasteiger partial charge in [-0.05, 0) is 27.7 Å². The van der Waals surface area contributed by atoms with Gasteiger partial charge in [-0.15, -0.1) is 25.0 Å². The third-order valence-corrected chi connectivity index (χ3v) is 3.89. The average Bonchev–Trinajstić information content (AvgIpc) is 3.61. The molecule has 0 heterocycles. The summed E-state index contributed by atoms with van der Waals surface area (Å²) < 4.78 is 111. The van der Waals surface area contributed by atoms with Gasteiger partial charge in [0.05, 0.1) is 70.2 Å². The van der Waals surface area contributed by atoms with Gasteiger partial charge in [-0.2, -0.15) is 12.2 Å². The van der Waals surface area contributed by atoms with Gasteiger partial charge in [0.2, 0.25) is 0 Å². The predicted molar refractivity (Wildman–Crippen MR) is 125 cm³/mol. The molecule has 0 radical (unpaired) electrons. The molecule has 0 saturated carbocycles. The summed E-state index contributed by atoms with van der Waals surface area (Å²) in [4.78, 5) is 0. The second-order valence-corrected chi connectivity index (χ2v) is 7.76. The van der Waals surface area contributed by atoms with Gasteiger partial charge in [-0.25, -0.2) is 41.9 Å². The topological polar surface area (TPSA) is 18.5 Å². The van der Waals surface area contributed by atoms with Crippen molar-refractivity contribution in [2.75, 3.05) is 0 Å². The quantitative estimate of drug-likeness (QED) is 0.154. The molecule has 2 aliphatic carbocycles. The fourth-order valence-corrected chi connectivity index (χ4v) is 2.36. The molecular formula is C28H24F8O2Ti. The standard InChI is InChI=1S/2C9H7F4O.2C5H5.Ti/c2*1-4(2)14-9-7(12)5(10)3-6(11)8(9)13;2*1-2-4-5-3-1;/h2*4H,1-2H3;2*1-3H,4H2;/q4*-1;+4. The first-order chi connectivity index (χ1) is 17.9. The number of hydrogen-bond donors (Lipinski definition) is 0. The summed E-state index contributed by atoms with van der Waals surface area (Å²) in [5.74, 6) is -14.8. The van der Waals surface area contributed by atoms with Gasteiger partial charge in [-0.1, -0.05) is 0 Å². The average molecular weight is 592 g/mol. The first-order valence-corrected chi connectivity index (χ1v) is 11.1. The first kappa shape index (κ1) is 36.2. The van der Waals surface area contributed by atoms with E-state index in [1.807, 2.05) is 24.3 Å². The van der Waals surface area contributed by atoms with Crippen molar-refractivity contribution in [3.05, 3.63) is 107 Å². The summed E-state index contributed by atoms with van der Waals surface area (Å²) in [7, 11) is 0. The van der Waals surface area contributed by atoms with Crippen LogP contribution in [0.4, 0.5) is 35.1 Å². The van der Waals surface area contributed by atoms with Gasteiger partial charge in [0.1, 0.15) is 0 Å². The number of benzene rings is 2. The number of hydrogen-bond acceptors (Lipinski definition) is 2. The Morgan fingerprint density at radius 2 is 0.846 bits per heavy atom. The van der Waals surface area contributed by atoms with Crippen LogP contribution in [0.1, 0.15) is 40.5 Å². The Morgan fingerprint density at radius 1 is 0.564 bits per heavy atom. The Bertz CT molecular complexity index is 1010. The third kappa shape index (κ3) is 12.7. The summed E-state index contributed by atoms with van der Waals surface area (Å²) in [5.41, 5.74) is 0. The smallest absolute Gasteiger partial charge is 0.510 e. The van der Waals surface area contributed by atoms with E-state index in [9.17, 15) is 35.1 Å². The molecule has 0 N–H and O–H groups in total. The Morgan fingerprint density at radius 3 is 1.00 bits per heavy atom. The van der Waals surface area contributed by atoms with Crippen molar-refractivity contribution in [3.63, 3.8) is 0 Å². The van der Waals surface area contributed by atoms with Crippen molar-refractivity contribution < 1.29 is 66.3 Å². The van der Waals surface area contributed by atoms with Crippen molar-refractivity contribution >= 4 is 0 Å². The molecular weight excluding hydrogens is 568 g/mol. The molecule has 0 spiro atoms. The molecule has 0 fully saturated rings. The van der Waals surface area contributed by atoms with E-state index >= 15 is 0 Å². The van der Waals surface area contributed by atoms with Crippen LogP contribution in [0.15, 0.2) is 36.5 Å². The van der Waals surface area contributed by atoms with Crippen LogP contribution in [0.5, 0.6) is 11.5 Å². The monoisotopic (exact) mass is 592 g/mol. The van der Waals surface area contributed by atoms with Crippen molar-refractivity contribution in [3.8, 4) is 11.5 Å². The van der Waals surface area contributed by atoms with E-state index in [4.69, 9.17) is 0 Å². The molecule has 0 aromatic heterocycles. The molecule has 0 bridgehead atoms. The van der Waals surface area contributed by atoms with Crippen molar-refractivity contribution in [1.29, 1.82) is 0 Å². The summed E-state index contributed by atoms with van der Waals surface area (Å²) in [5, 5.41) is 0. The Hall–Kier alpha value is -2.85. The molecule has 0 atom stereocenters. The van der Waals surface area contributed by atoms with E-state index in [1.54, 1.807) is 0 Å². The van der Waals surface area contributed by atoms with Crippen LogP contribution < -0.4 is 9.47 Å². The molecule has 0 unspecified atom stereocenters. The van der Waals surface area contributed by atoms with Gasteiger partial charge in [-0.3, -0.25) is 29.7 Å². The fourth-order valence-electron chi connectivity index (χ4n) is 2.36. The minimum absolute atomic E-state index is 0. The first-order valence-electron chi connectivity index (χ1n) is 11.1. The molecule has 39 heavy (non-hydrogen) atoms. The molecule has 11 heteroatoms. The number of rotatable bonds is 4. The SMILES string of the molecule is CC(C)Oc1c(F)c(F)[c-]c(F)c1F.CC(C)Oc1c(F)c(F)[c-]c(F)c1F.[C-]1=CC=CC1.[C-]1=CC=CC1.[Ti+4].